The number of hydrogen-bond donors (Lipinski definition) is 1. The van der Waals surface area contributed by atoms with E-state index in [9.17, 15) is 5.11 Å². The van der Waals surface area contributed by atoms with Crippen molar-refractivity contribution in [3.8, 4) is 0 Å². The number of ether oxygens (including phenoxy) is 1. The molecule has 2 atom stereocenters. The Kier molecular flexibility index (Phi) is 4.44. The van der Waals surface area contributed by atoms with Gasteiger partial charge in [0.15, 0.2) is 5.82 Å². The maximum atomic E-state index is 9.72. The van der Waals surface area contributed by atoms with Crippen LogP contribution in [0.2, 0.25) is 0 Å². The molecule has 16 heavy (non-hydrogen) atoms. The summed E-state index contributed by atoms with van der Waals surface area (Å²) in [5.74, 6) is 0.760. The number of rotatable bonds is 6. The average molecular weight is 228 g/mol. The predicted molar refractivity (Wildman–Crippen MR) is 58.8 cm³/mol. The topological polar surface area (TPSA) is 68.4 Å². The Hall–Kier alpha value is -0.940. The van der Waals surface area contributed by atoms with E-state index >= 15 is 0 Å². The number of hydrogen-bond acceptors (Lipinski definition) is 5. The monoisotopic (exact) mass is 228 g/mol. The maximum Gasteiger partial charge on any atom is 0.258 e. The van der Waals surface area contributed by atoms with E-state index in [1.54, 1.807) is 7.11 Å². The highest BCUT2D eigenvalue weighted by molar-refractivity contribution is 4.99. The highest BCUT2D eigenvalue weighted by atomic mass is 16.5. The van der Waals surface area contributed by atoms with Crippen LogP contribution in [0.5, 0.6) is 0 Å². The van der Waals surface area contributed by atoms with E-state index in [-0.39, 0.29) is 0 Å². The standard InChI is InChI=1S/C11H20N2O3/c1-5-7-8(14)9-12-10(16-13-9)11(3,6-2)15-4/h8,14H,5-7H2,1-4H3. The zero-order valence-corrected chi connectivity index (χ0v) is 10.4. The second-order valence-electron chi connectivity index (χ2n) is 4.05. The molecule has 1 aromatic heterocycles. The summed E-state index contributed by atoms with van der Waals surface area (Å²) in [7, 11) is 1.61. The molecule has 1 heterocycles. The van der Waals surface area contributed by atoms with Gasteiger partial charge in [0.1, 0.15) is 11.7 Å². The van der Waals surface area contributed by atoms with Crippen LogP contribution < -0.4 is 0 Å². The SMILES string of the molecule is CCCC(O)c1noc(C(C)(CC)OC)n1. The molecule has 0 aliphatic heterocycles. The molecule has 0 amide bonds. The molecule has 1 aromatic rings. The van der Waals surface area contributed by atoms with Crippen LogP contribution in [0, 0.1) is 0 Å². The minimum atomic E-state index is -0.652. The first kappa shape index (κ1) is 13.1. The lowest BCUT2D eigenvalue weighted by atomic mass is 10.0. The summed E-state index contributed by atoms with van der Waals surface area (Å²) < 4.78 is 10.5. The van der Waals surface area contributed by atoms with E-state index in [2.05, 4.69) is 10.1 Å². The molecule has 5 nitrogen and oxygen atoms in total. The van der Waals surface area contributed by atoms with Gasteiger partial charge in [0.2, 0.25) is 0 Å². The van der Waals surface area contributed by atoms with Crippen molar-refractivity contribution < 1.29 is 14.4 Å². The summed E-state index contributed by atoms with van der Waals surface area (Å²) >= 11 is 0. The first-order valence-electron chi connectivity index (χ1n) is 5.64. The van der Waals surface area contributed by atoms with Crippen LogP contribution in [0.1, 0.15) is 57.9 Å². The minimum absolute atomic E-state index is 0.341. The van der Waals surface area contributed by atoms with Crippen molar-refractivity contribution in [3.05, 3.63) is 11.7 Å². The third-order valence-corrected chi connectivity index (χ3v) is 2.88. The number of nitrogens with zero attached hydrogens (tertiary/aromatic N) is 2. The Morgan fingerprint density at radius 3 is 2.69 bits per heavy atom. The van der Waals surface area contributed by atoms with Gasteiger partial charge in [0, 0.05) is 7.11 Å². The number of aliphatic hydroxyl groups excluding tert-OH is 1. The Balaban J connectivity index is 2.85. The first-order chi connectivity index (χ1) is 7.57. The van der Waals surface area contributed by atoms with Crippen molar-refractivity contribution in [3.63, 3.8) is 0 Å². The zero-order valence-electron chi connectivity index (χ0n) is 10.4. The van der Waals surface area contributed by atoms with Crippen molar-refractivity contribution >= 4 is 0 Å². The molecule has 0 aromatic carbocycles. The van der Waals surface area contributed by atoms with Gasteiger partial charge < -0.3 is 14.4 Å². The molecular weight excluding hydrogens is 208 g/mol. The Labute approximate surface area is 95.8 Å². The summed E-state index contributed by atoms with van der Waals surface area (Å²) in [6.45, 7) is 5.86. The van der Waals surface area contributed by atoms with Crippen LogP contribution in [0.3, 0.4) is 0 Å². The Morgan fingerprint density at radius 2 is 2.19 bits per heavy atom. The van der Waals surface area contributed by atoms with Crippen LogP contribution in [0.4, 0.5) is 0 Å². The van der Waals surface area contributed by atoms with Gasteiger partial charge >= 0.3 is 0 Å². The quantitative estimate of drug-likeness (QED) is 0.808. The lowest BCUT2D eigenvalue weighted by molar-refractivity contribution is -0.0272. The normalized spacial score (nSPS) is 17.1. The van der Waals surface area contributed by atoms with E-state index < -0.39 is 11.7 Å². The van der Waals surface area contributed by atoms with Crippen molar-refractivity contribution in [2.24, 2.45) is 0 Å². The van der Waals surface area contributed by atoms with Gasteiger partial charge in [-0.25, -0.2) is 0 Å². The summed E-state index contributed by atoms with van der Waals surface area (Å²) in [5, 5.41) is 13.5. The Bertz CT molecular complexity index is 321. The third kappa shape index (κ3) is 2.59. The lowest BCUT2D eigenvalue weighted by Gasteiger charge is -2.21. The van der Waals surface area contributed by atoms with Crippen molar-refractivity contribution in [2.75, 3.05) is 7.11 Å². The fourth-order valence-corrected chi connectivity index (χ4v) is 1.37. The largest absolute Gasteiger partial charge is 0.385 e. The van der Waals surface area contributed by atoms with Crippen LogP contribution in [-0.2, 0) is 10.3 Å². The second kappa shape index (κ2) is 5.41. The Morgan fingerprint density at radius 1 is 1.50 bits per heavy atom. The van der Waals surface area contributed by atoms with Gasteiger partial charge in [-0.3, -0.25) is 0 Å². The van der Waals surface area contributed by atoms with E-state index in [1.165, 1.54) is 0 Å². The van der Waals surface area contributed by atoms with Crippen LogP contribution in [0.15, 0.2) is 4.52 Å². The van der Waals surface area contributed by atoms with Crippen molar-refractivity contribution in [1.82, 2.24) is 10.1 Å². The average Bonchev–Trinajstić information content (AvgIpc) is 2.78. The molecule has 0 aliphatic carbocycles. The molecule has 5 heteroatoms. The molecule has 0 saturated heterocycles. The summed E-state index contributed by atoms with van der Waals surface area (Å²) in [6.07, 6.45) is 1.59. The first-order valence-corrected chi connectivity index (χ1v) is 5.64. The van der Waals surface area contributed by atoms with E-state index in [0.717, 1.165) is 12.8 Å². The van der Waals surface area contributed by atoms with E-state index in [4.69, 9.17) is 9.26 Å². The summed E-state index contributed by atoms with van der Waals surface area (Å²) in [4.78, 5) is 4.19. The van der Waals surface area contributed by atoms with Crippen LogP contribution in [-0.4, -0.2) is 22.4 Å². The highest BCUT2D eigenvalue weighted by Crippen LogP contribution is 2.27. The molecule has 0 radical (unpaired) electrons. The van der Waals surface area contributed by atoms with Crippen molar-refractivity contribution in [1.29, 1.82) is 0 Å². The van der Waals surface area contributed by atoms with Gasteiger partial charge in [-0.1, -0.05) is 25.4 Å². The minimum Gasteiger partial charge on any atom is -0.385 e. The predicted octanol–water partition coefficient (Wildman–Crippen LogP) is 2.17. The van der Waals surface area contributed by atoms with Crippen LogP contribution >= 0.6 is 0 Å². The number of methoxy groups -OCH3 is 1. The number of aliphatic hydroxyl groups is 1. The number of aromatic nitrogens is 2. The summed E-state index contributed by atoms with van der Waals surface area (Å²) in [6, 6.07) is 0. The molecule has 0 fully saturated rings. The molecule has 92 valence electrons. The lowest BCUT2D eigenvalue weighted by Crippen LogP contribution is -2.23. The molecule has 0 aliphatic rings. The van der Waals surface area contributed by atoms with E-state index in [0.29, 0.717) is 18.1 Å². The smallest absolute Gasteiger partial charge is 0.258 e. The van der Waals surface area contributed by atoms with E-state index in [1.807, 2.05) is 20.8 Å². The molecule has 0 saturated carbocycles. The second-order valence-corrected chi connectivity index (χ2v) is 4.05. The van der Waals surface area contributed by atoms with Gasteiger partial charge in [0.05, 0.1) is 0 Å². The van der Waals surface area contributed by atoms with Gasteiger partial charge in [-0.05, 0) is 19.8 Å². The highest BCUT2D eigenvalue weighted by Gasteiger charge is 2.31. The van der Waals surface area contributed by atoms with Crippen LogP contribution in [0.25, 0.3) is 0 Å². The van der Waals surface area contributed by atoms with Crippen molar-refractivity contribution in [2.45, 2.75) is 51.7 Å². The molecule has 2 unspecified atom stereocenters. The molecule has 0 spiro atoms. The molecule has 0 bridgehead atoms. The zero-order chi connectivity index (χ0) is 12.2. The molecular formula is C11H20N2O3. The fraction of sp³-hybridized carbons (Fsp3) is 0.818. The maximum absolute atomic E-state index is 9.72. The van der Waals surface area contributed by atoms with Gasteiger partial charge in [0.25, 0.3) is 5.89 Å². The third-order valence-electron chi connectivity index (χ3n) is 2.88. The fourth-order valence-electron chi connectivity index (χ4n) is 1.37. The van der Waals surface area contributed by atoms with Gasteiger partial charge in [-0.15, -0.1) is 0 Å². The molecule has 1 N–H and O–H groups in total. The van der Waals surface area contributed by atoms with Gasteiger partial charge in [-0.2, -0.15) is 4.98 Å². The molecule has 1 rings (SSSR count). The summed E-state index contributed by atoms with van der Waals surface area (Å²) in [5.41, 5.74) is -0.572.